The van der Waals surface area contributed by atoms with Gasteiger partial charge in [0, 0.05) is 12.3 Å². The number of fused-ring (bicyclic) bond motifs is 1. The van der Waals surface area contributed by atoms with E-state index in [9.17, 15) is 0 Å². The van der Waals surface area contributed by atoms with E-state index in [1.165, 1.54) is 0 Å². The third kappa shape index (κ3) is 2.98. The fourth-order valence-electron chi connectivity index (χ4n) is 1.94. The van der Waals surface area contributed by atoms with Gasteiger partial charge in [-0.25, -0.2) is 4.98 Å². The minimum Gasteiger partial charge on any atom is -0.492 e. The summed E-state index contributed by atoms with van der Waals surface area (Å²) in [5.74, 6) is 2.70. The summed E-state index contributed by atoms with van der Waals surface area (Å²) in [6.45, 7) is 1.23. The van der Waals surface area contributed by atoms with Crippen LogP contribution < -0.4 is 19.5 Å². The van der Waals surface area contributed by atoms with E-state index in [4.69, 9.17) is 19.5 Å². The molecule has 0 saturated heterocycles. The zero-order chi connectivity index (χ0) is 14.5. The highest BCUT2D eigenvalue weighted by Gasteiger charge is 2.13. The number of ether oxygens (including phenoxy) is 3. The van der Waals surface area contributed by atoms with Gasteiger partial charge in [0.2, 0.25) is 6.79 Å². The standard InChI is InChI=1S/C15H13N3O3/c16-9-11-2-1-5-17-15(11)18-6-7-19-12-3-4-13-14(8-12)21-10-20-13/h1-5,8H,6-7,10H2,(H,17,18). The van der Waals surface area contributed by atoms with E-state index in [1.807, 2.05) is 12.1 Å². The lowest BCUT2D eigenvalue weighted by Crippen LogP contribution is -2.13. The maximum absolute atomic E-state index is 8.96. The summed E-state index contributed by atoms with van der Waals surface area (Å²) in [5, 5.41) is 12.0. The average molecular weight is 283 g/mol. The molecule has 2 heterocycles. The van der Waals surface area contributed by atoms with E-state index in [0.29, 0.717) is 36.0 Å². The Bertz CT molecular complexity index is 682. The van der Waals surface area contributed by atoms with Gasteiger partial charge in [-0.15, -0.1) is 0 Å². The predicted molar refractivity (Wildman–Crippen MR) is 75.5 cm³/mol. The van der Waals surface area contributed by atoms with Gasteiger partial charge < -0.3 is 19.5 Å². The Morgan fingerprint density at radius 2 is 2.19 bits per heavy atom. The molecule has 21 heavy (non-hydrogen) atoms. The zero-order valence-electron chi connectivity index (χ0n) is 11.2. The molecule has 6 nitrogen and oxygen atoms in total. The molecule has 2 aromatic rings. The van der Waals surface area contributed by atoms with Gasteiger partial charge >= 0.3 is 0 Å². The van der Waals surface area contributed by atoms with Crippen molar-refractivity contribution in [1.82, 2.24) is 4.98 Å². The molecule has 0 aliphatic carbocycles. The van der Waals surface area contributed by atoms with Crippen molar-refractivity contribution in [3.8, 4) is 23.3 Å². The second-order valence-corrected chi connectivity index (χ2v) is 4.30. The van der Waals surface area contributed by atoms with Crippen LogP contribution in [-0.2, 0) is 0 Å². The molecule has 0 saturated carbocycles. The number of rotatable bonds is 5. The van der Waals surface area contributed by atoms with Crippen LogP contribution in [0.4, 0.5) is 5.82 Å². The van der Waals surface area contributed by atoms with Crippen LogP contribution in [0.15, 0.2) is 36.5 Å². The lowest BCUT2D eigenvalue weighted by Gasteiger charge is -2.09. The second kappa shape index (κ2) is 6.01. The topological polar surface area (TPSA) is 76.4 Å². The van der Waals surface area contributed by atoms with Crippen molar-refractivity contribution in [2.45, 2.75) is 0 Å². The number of benzene rings is 1. The molecule has 106 valence electrons. The molecule has 0 unspecified atom stereocenters. The summed E-state index contributed by atoms with van der Waals surface area (Å²) < 4.78 is 16.1. The molecule has 1 aromatic carbocycles. The maximum atomic E-state index is 8.96. The minimum atomic E-state index is 0.247. The van der Waals surface area contributed by atoms with Gasteiger partial charge in [0.05, 0.1) is 12.1 Å². The summed E-state index contributed by atoms with van der Waals surface area (Å²) >= 11 is 0. The zero-order valence-corrected chi connectivity index (χ0v) is 11.2. The van der Waals surface area contributed by atoms with Gasteiger partial charge in [0.25, 0.3) is 0 Å². The molecule has 0 amide bonds. The summed E-state index contributed by atoms with van der Waals surface area (Å²) in [5.41, 5.74) is 0.514. The third-order valence-electron chi connectivity index (χ3n) is 2.94. The second-order valence-electron chi connectivity index (χ2n) is 4.30. The Hall–Kier alpha value is -2.94. The highest BCUT2D eigenvalue weighted by Crippen LogP contribution is 2.34. The number of aromatic nitrogens is 1. The van der Waals surface area contributed by atoms with Gasteiger partial charge in [-0.2, -0.15) is 5.26 Å². The van der Waals surface area contributed by atoms with Crippen molar-refractivity contribution in [1.29, 1.82) is 5.26 Å². The van der Waals surface area contributed by atoms with Gasteiger partial charge in [-0.1, -0.05) is 0 Å². The van der Waals surface area contributed by atoms with Crippen LogP contribution in [0.1, 0.15) is 5.56 Å². The largest absolute Gasteiger partial charge is 0.492 e. The highest BCUT2D eigenvalue weighted by molar-refractivity contribution is 5.51. The molecule has 1 aliphatic heterocycles. The van der Waals surface area contributed by atoms with Gasteiger partial charge in [-0.05, 0) is 24.3 Å². The Morgan fingerprint density at radius 3 is 3.10 bits per heavy atom. The van der Waals surface area contributed by atoms with Crippen LogP contribution in [0.2, 0.25) is 0 Å². The quantitative estimate of drug-likeness (QED) is 0.847. The Balaban J connectivity index is 1.51. The molecule has 6 heteroatoms. The first kappa shape index (κ1) is 13.1. The van der Waals surface area contributed by atoms with Crippen LogP contribution in [0.25, 0.3) is 0 Å². The molecular weight excluding hydrogens is 270 g/mol. The van der Waals surface area contributed by atoms with E-state index < -0.39 is 0 Å². The molecule has 0 bridgehead atoms. The normalized spacial score (nSPS) is 11.8. The number of pyridine rings is 1. The van der Waals surface area contributed by atoms with Gasteiger partial charge in [0.1, 0.15) is 24.2 Å². The Labute approximate surface area is 121 Å². The number of anilines is 1. The summed E-state index contributed by atoms with van der Waals surface area (Å²) in [6.07, 6.45) is 1.64. The summed E-state index contributed by atoms with van der Waals surface area (Å²) in [7, 11) is 0. The number of hydrogen-bond donors (Lipinski definition) is 1. The Morgan fingerprint density at radius 1 is 1.29 bits per heavy atom. The lowest BCUT2D eigenvalue weighted by atomic mass is 10.3. The smallest absolute Gasteiger partial charge is 0.231 e. The molecule has 0 fully saturated rings. The first-order chi connectivity index (χ1) is 10.4. The van der Waals surface area contributed by atoms with Crippen molar-refractivity contribution in [3.63, 3.8) is 0 Å². The van der Waals surface area contributed by atoms with Crippen molar-refractivity contribution in [3.05, 3.63) is 42.1 Å². The van der Waals surface area contributed by atoms with Crippen LogP contribution in [0, 0.1) is 11.3 Å². The average Bonchev–Trinajstić information content (AvgIpc) is 2.99. The summed E-state index contributed by atoms with van der Waals surface area (Å²) in [4.78, 5) is 4.12. The molecular formula is C15H13N3O3. The number of nitrogens with one attached hydrogen (secondary N) is 1. The molecule has 0 spiro atoms. The Kier molecular flexibility index (Phi) is 3.74. The van der Waals surface area contributed by atoms with E-state index >= 15 is 0 Å². The monoisotopic (exact) mass is 283 g/mol. The van der Waals surface area contributed by atoms with E-state index in [-0.39, 0.29) is 6.79 Å². The van der Waals surface area contributed by atoms with E-state index in [2.05, 4.69) is 16.4 Å². The maximum Gasteiger partial charge on any atom is 0.231 e. The number of hydrogen-bond acceptors (Lipinski definition) is 6. The first-order valence-electron chi connectivity index (χ1n) is 6.48. The van der Waals surface area contributed by atoms with Crippen molar-refractivity contribution in [2.24, 2.45) is 0 Å². The summed E-state index contributed by atoms with van der Waals surface area (Å²) in [6, 6.07) is 11.0. The molecule has 0 radical (unpaired) electrons. The molecule has 0 atom stereocenters. The minimum absolute atomic E-state index is 0.247. The van der Waals surface area contributed by atoms with Crippen molar-refractivity contribution < 1.29 is 14.2 Å². The van der Waals surface area contributed by atoms with Crippen LogP contribution in [-0.4, -0.2) is 24.9 Å². The molecule has 1 aromatic heterocycles. The molecule has 1 aliphatic rings. The predicted octanol–water partition coefficient (Wildman–Crippen LogP) is 2.17. The molecule has 1 N–H and O–H groups in total. The lowest BCUT2D eigenvalue weighted by molar-refractivity contribution is 0.174. The van der Waals surface area contributed by atoms with Crippen molar-refractivity contribution >= 4 is 5.82 Å². The van der Waals surface area contributed by atoms with E-state index in [0.717, 1.165) is 5.75 Å². The fourth-order valence-corrected chi connectivity index (χ4v) is 1.94. The third-order valence-corrected chi connectivity index (χ3v) is 2.94. The highest BCUT2D eigenvalue weighted by atomic mass is 16.7. The van der Waals surface area contributed by atoms with Gasteiger partial charge in [0.15, 0.2) is 11.5 Å². The number of nitrogens with zero attached hydrogens (tertiary/aromatic N) is 2. The van der Waals surface area contributed by atoms with Crippen LogP contribution in [0.5, 0.6) is 17.2 Å². The fraction of sp³-hybridized carbons (Fsp3) is 0.200. The van der Waals surface area contributed by atoms with Gasteiger partial charge in [-0.3, -0.25) is 0 Å². The number of nitriles is 1. The van der Waals surface area contributed by atoms with Crippen LogP contribution >= 0.6 is 0 Å². The molecule has 3 rings (SSSR count). The van der Waals surface area contributed by atoms with Crippen molar-refractivity contribution in [2.75, 3.05) is 25.3 Å². The first-order valence-corrected chi connectivity index (χ1v) is 6.48. The van der Waals surface area contributed by atoms with E-state index in [1.54, 1.807) is 24.4 Å². The SMILES string of the molecule is N#Cc1cccnc1NCCOc1ccc2c(c1)OCO2. The van der Waals surface area contributed by atoms with Crippen LogP contribution in [0.3, 0.4) is 0 Å².